The molecule has 3 aromatic carbocycles. The van der Waals surface area contributed by atoms with Gasteiger partial charge < -0.3 is 9.80 Å². The van der Waals surface area contributed by atoms with E-state index in [1.165, 1.54) is 0 Å². The van der Waals surface area contributed by atoms with Crippen LogP contribution < -0.4 is 4.90 Å². The van der Waals surface area contributed by atoms with E-state index in [4.69, 9.17) is 0 Å². The van der Waals surface area contributed by atoms with Gasteiger partial charge in [-0.3, -0.25) is 4.79 Å². The normalized spacial score (nSPS) is 18.7. The zero-order valence-corrected chi connectivity index (χ0v) is 18.3. The van der Waals surface area contributed by atoms with Crippen molar-refractivity contribution in [3.8, 4) is 11.3 Å². The zero-order chi connectivity index (χ0) is 22.1. The lowest BCUT2D eigenvalue weighted by atomic mass is 10.0. The number of nitrogens with zero attached hydrogens (tertiary/aromatic N) is 4. The lowest BCUT2D eigenvalue weighted by Crippen LogP contribution is -2.59. The first-order valence-electron chi connectivity index (χ1n) is 11.1. The number of carbonyl (C=O) groups is 1. The summed E-state index contributed by atoms with van der Waals surface area (Å²) >= 11 is 0. The summed E-state index contributed by atoms with van der Waals surface area (Å²) in [5.41, 5.74) is 2.68. The Morgan fingerprint density at radius 3 is 1.97 bits per heavy atom. The molecule has 0 saturated carbocycles. The third-order valence-electron chi connectivity index (χ3n) is 6.19. The van der Waals surface area contributed by atoms with E-state index in [0.717, 1.165) is 33.4 Å². The molecule has 1 aromatic heterocycles. The quantitative estimate of drug-likeness (QED) is 0.464. The number of aromatic nitrogens is 2. The Balaban J connectivity index is 1.48. The molecule has 5 rings (SSSR count). The number of rotatable bonds is 3. The third kappa shape index (κ3) is 3.60. The van der Waals surface area contributed by atoms with Gasteiger partial charge in [-0.05, 0) is 26.0 Å². The topological polar surface area (TPSA) is 49.3 Å². The Morgan fingerprint density at radius 1 is 0.750 bits per heavy atom. The molecule has 0 bridgehead atoms. The molecule has 1 amide bonds. The van der Waals surface area contributed by atoms with Crippen LogP contribution >= 0.6 is 0 Å². The molecule has 4 aromatic rings. The highest BCUT2D eigenvalue weighted by Gasteiger charge is 2.34. The largest absolute Gasteiger partial charge is 0.351 e. The minimum Gasteiger partial charge on any atom is -0.351 e. The van der Waals surface area contributed by atoms with Gasteiger partial charge in [0.1, 0.15) is 5.69 Å². The molecule has 1 aliphatic rings. The van der Waals surface area contributed by atoms with E-state index < -0.39 is 0 Å². The summed E-state index contributed by atoms with van der Waals surface area (Å²) in [6.07, 6.45) is 0. The Kier molecular flexibility index (Phi) is 5.31. The number of carbonyl (C=O) groups excluding carboxylic acids is 1. The van der Waals surface area contributed by atoms with Crippen LogP contribution in [0.2, 0.25) is 0 Å². The maximum atomic E-state index is 13.2. The standard InChI is InChI=1S/C27H26N4O/c1-19-17-30(18-20(2)31(19)27(32)22-13-7-4-8-14-22)26-24-16-10-9-15-23(24)25(28-29-26)21-11-5-3-6-12-21/h3-16,19-20H,17-18H2,1-2H3/t19-,20+. The van der Waals surface area contributed by atoms with E-state index in [9.17, 15) is 4.79 Å². The first-order chi connectivity index (χ1) is 15.6. The molecule has 0 unspecified atom stereocenters. The monoisotopic (exact) mass is 422 g/mol. The Hall–Kier alpha value is -3.73. The smallest absolute Gasteiger partial charge is 0.254 e. The van der Waals surface area contributed by atoms with Crippen LogP contribution in [-0.4, -0.2) is 46.2 Å². The maximum absolute atomic E-state index is 13.2. The summed E-state index contributed by atoms with van der Waals surface area (Å²) in [5.74, 6) is 0.964. The number of benzene rings is 3. The summed E-state index contributed by atoms with van der Waals surface area (Å²) in [6, 6.07) is 28.1. The summed E-state index contributed by atoms with van der Waals surface area (Å²) < 4.78 is 0. The van der Waals surface area contributed by atoms with E-state index in [2.05, 4.69) is 53.2 Å². The number of amides is 1. The average Bonchev–Trinajstić information content (AvgIpc) is 2.84. The third-order valence-corrected chi connectivity index (χ3v) is 6.19. The van der Waals surface area contributed by atoms with Gasteiger partial charge in [0.25, 0.3) is 5.91 Å². The van der Waals surface area contributed by atoms with Crippen LogP contribution in [0.25, 0.3) is 22.0 Å². The van der Waals surface area contributed by atoms with Gasteiger partial charge in [0.15, 0.2) is 5.82 Å². The Labute approximate surface area is 188 Å². The van der Waals surface area contributed by atoms with Crippen molar-refractivity contribution in [2.24, 2.45) is 0 Å². The number of hydrogen-bond acceptors (Lipinski definition) is 4. The van der Waals surface area contributed by atoms with Crippen molar-refractivity contribution >= 4 is 22.5 Å². The summed E-state index contributed by atoms with van der Waals surface area (Å²) in [4.78, 5) is 17.4. The fourth-order valence-corrected chi connectivity index (χ4v) is 4.76. The van der Waals surface area contributed by atoms with Gasteiger partial charge in [-0.25, -0.2) is 0 Å². The van der Waals surface area contributed by atoms with Crippen LogP contribution in [0.1, 0.15) is 24.2 Å². The van der Waals surface area contributed by atoms with E-state index in [-0.39, 0.29) is 18.0 Å². The first-order valence-corrected chi connectivity index (χ1v) is 11.1. The maximum Gasteiger partial charge on any atom is 0.254 e. The van der Waals surface area contributed by atoms with Crippen LogP contribution in [-0.2, 0) is 0 Å². The molecule has 0 aliphatic carbocycles. The lowest BCUT2D eigenvalue weighted by molar-refractivity contribution is 0.0574. The molecule has 5 nitrogen and oxygen atoms in total. The molecule has 1 fully saturated rings. The fraction of sp³-hybridized carbons (Fsp3) is 0.222. The zero-order valence-electron chi connectivity index (χ0n) is 18.3. The molecule has 5 heteroatoms. The number of piperazine rings is 1. The van der Waals surface area contributed by atoms with Gasteiger partial charge in [-0.2, -0.15) is 0 Å². The minimum absolute atomic E-state index is 0.0563. The molecular weight excluding hydrogens is 396 g/mol. The molecular formula is C27H26N4O. The van der Waals surface area contributed by atoms with Gasteiger partial charge in [0, 0.05) is 47.1 Å². The van der Waals surface area contributed by atoms with Gasteiger partial charge in [0.05, 0.1) is 0 Å². The average molecular weight is 423 g/mol. The van der Waals surface area contributed by atoms with Gasteiger partial charge in [-0.15, -0.1) is 10.2 Å². The van der Waals surface area contributed by atoms with Gasteiger partial charge >= 0.3 is 0 Å². The molecule has 160 valence electrons. The highest BCUT2D eigenvalue weighted by molar-refractivity contribution is 6.00. The molecule has 0 N–H and O–H groups in total. The van der Waals surface area contributed by atoms with Crippen LogP contribution in [0.4, 0.5) is 5.82 Å². The molecule has 1 saturated heterocycles. The minimum atomic E-state index is 0.0563. The Morgan fingerprint density at radius 2 is 1.31 bits per heavy atom. The van der Waals surface area contributed by atoms with Crippen LogP contribution in [0, 0.1) is 0 Å². The van der Waals surface area contributed by atoms with E-state index in [0.29, 0.717) is 13.1 Å². The van der Waals surface area contributed by atoms with Crippen molar-refractivity contribution in [2.75, 3.05) is 18.0 Å². The summed E-state index contributed by atoms with van der Waals surface area (Å²) in [7, 11) is 0. The van der Waals surface area contributed by atoms with Crippen LogP contribution in [0.5, 0.6) is 0 Å². The van der Waals surface area contributed by atoms with Gasteiger partial charge in [0.2, 0.25) is 0 Å². The predicted molar refractivity (Wildman–Crippen MR) is 129 cm³/mol. The molecule has 2 heterocycles. The second-order valence-electron chi connectivity index (χ2n) is 8.47. The Bertz CT molecular complexity index is 1230. The first kappa shape index (κ1) is 20.2. The van der Waals surface area contributed by atoms with Crippen molar-refractivity contribution in [1.82, 2.24) is 15.1 Å². The van der Waals surface area contributed by atoms with Crippen molar-refractivity contribution in [2.45, 2.75) is 25.9 Å². The fourth-order valence-electron chi connectivity index (χ4n) is 4.76. The lowest BCUT2D eigenvalue weighted by Gasteiger charge is -2.45. The second-order valence-corrected chi connectivity index (χ2v) is 8.47. The summed E-state index contributed by atoms with van der Waals surface area (Å²) in [6.45, 7) is 5.65. The molecule has 0 radical (unpaired) electrons. The molecule has 2 atom stereocenters. The van der Waals surface area contributed by atoms with E-state index in [1.54, 1.807) is 0 Å². The van der Waals surface area contributed by atoms with E-state index >= 15 is 0 Å². The van der Waals surface area contributed by atoms with Crippen molar-refractivity contribution < 1.29 is 4.79 Å². The number of fused-ring (bicyclic) bond motifs is 1. The molecule has 0 spiro atoms. The molecule has 32 heavy (non-hydrogen) atoms. The van der Waals surface area contributed by atoms with Gasteiger partial charge in [-0.1, -0.05) is 72.8 Å². The van der Waals surface area contributed by atoms with Crippen molar-refractivity contribution in [3.05, 3.63) is 90.5 Å². The second kappa shape index (κ2) is 8.42. The highest BCUT2D eigenvalue weighted by Crippen LogP contribution is 2.33. The van der Waals surface area contributed by atoms with Crippen molar-refractivity contribution in [1.29, 1.82) is 0 Å². The number of hydrogen-bond donors (Lipinski definition) is 0. The predicted octanol–water partition coefficient (Wildman–Crippen LogP) is 5.04. The summed E-state index contributed by atoms with van der Waals surface area (Å²) in [5, 5.41) is 11.5. The van der Waals surface area contributed by atoms with Crippen molar-refractivity contribution in [3.63, 3.8) is 0 Å². The SMILES string of the molecule is C[C@@H]1CN(c2nnc(-c3ccccc3)c3ccccc23)C[C@H](C)N1C(=O)c1ccccc1. The highest BCUT2D eigenvalue weighted by atomic mass is 16.2. The molecule has 1 aliphatic heterocycles. The van der Waals surface area contributed by atoms with Crippen LogP contribution in [0.3, 0.4) is 0 Å². The van der Waals surface area contributed by atoms with Crippen LogP contribution in [0.15, 0.2) is 84.9 Å². The number of anilines is 1. The van der Waals surface area contributed by atoms with E-state index in [1.807, 2.05) is 65.6 Å².